The Labute approximate surface area is 129 Å². The van der Waals surface area contributed by atoms with Crippen LogP contribution in [0, 0.1) is 11.5 Å². The molecule has 0 aliphatic carbocycles. The van der Waals surface area contributed by atoms with Crippen molar-refractivity contribution in [2.75, 3.05) is 0 Å². The normalized spacial score (nSPS) is 12.0. The molecule has 116 valence electrons. The summed E-state index contributed by atoms with van der Waals surface area (Å²) in [5.41, 5.74) is 4.74. The summed E-state index contributed by atoms with van der Waals surface area (Å²) in [6.07, 6.45) is -2.67. The van der Waals surface area contributed by atoms with E-state index in [0.717, 1.165) is 23.4 Å². The fourth-order valence-electron chi connectivity index (χ4n) is 1.94. The van der Waals surface area contributed by atoms with E-state index in [9.17, 15) is 13.2 Å². The molecule has 2 aromatic rings. The monoisotopic (exact) mass is 322 g/mol. The zero-order chi connectivity index (χ0) is 16.5. The number of aryl methyl sites for hydroxylation is 1. The van der Waals surface area contributed by atoms with E-state index in [-0.39, 0.29) is 0 Å². The molecule has 0 fully saturated rings. The number of nitrogens with zero attached hydrogens (tertiary/aromatic N) is 2. The molecule has 0 atom stereocenters. The Morgan fingerprint density at radius 3 is 2.18 bits per heavy atom. The van der Waals surface area contributed by atoms with Crippen LogP contribution in [0.5, 0.6) is 0 Å². The minimum absolute atomic E-state index is 0.659. The van der Waals surface area contributed by atoms with Crippen molar-refractivity contribution in [2.45, 2.75) is 25.8 Å². The minimum Gasteiger partial charge on any atom is -0.267 e. The molecular weight excluding hydrogens is 305 g/mol. The molecule has 0 aliphatic rings. The lowest BCUT2D eigenvalue weighted by Gasteiger charge is -2.08. The molecule has 2 nitrogen and oxygen atoms in total. The molecule has 0 spiro atoms. The molecule has 0 bridgehead atoms. The molecule has 0 radical (unpaired) electrons. The Hall–Kier alpha value is -2.00. The summed E-state index contributed by atoms with van der Waals surface area (Å²) in [7, 11) is 0.221. The van der Waals surface area contributed by atoms with Crippen molar-refractivity contribution in [1.82, 2.24) is 9.78 Å². The fraction of sp³-hybridized carbons (Fsp3) is 0.312. The van der Waals surface area contributed by atoms with Crippen molar-refractivity contribution in [2.24, 2.45) is 7.05 Å². The third kappa shape index (κ3) is 3.80. The number of hydrogen-bond donors (Lipinski definition) is 0. The molecule has 1 aromatic carbocycles. The molecule has 22 heavy (non-hydrogen) atoms. The number of aromatic nitrogens is 2. The average molecular weight is 322 g/mol. The quantitative estimate of drug-likeness (QED) is 0.564. The van der Waals surface area contributed by atoms with Crippen LogP contribution in [0.1, 0.15) is 11.1 Å². The van der Waals surface area contributed by atoms with Crippen LogP contribution in [0.25, 0.3) is 11.3 Å². The van der Waals surface area contributed by atoms with Crippen molar-refractivity contribution in [3.8, 4) is 22.7 Å². The first-order chi connectivity index (χ1) is 10.1. The number of benzene rings is 1. The Morgan fingerprint density at radius 1 is 1.09 bits per heavy atom. The highest BCUT2D eigenvalue weighted by Crippen LogP contribution is 2.31. The van der Waals surface area contributed by atoms with Gasteiger partial charge < -0.3 is 0 Å². The lowest BCUT2D eigenvalue weighted by molar-refractivity contribution is -0.137. The van der Waals surface area contributed by atoms with Gasteiger partial charge in [0.1, 0.15) is 8.07 Å². The third-order valence-corrected chi connectivity index (χ3v) is 3.87. The molecule has 0 aliphatic heterocycles. The maximum atomic E-state index is 12.6. The molecule has 0 unspecified atom stereocenters. The number of rotatable bonds is 1. The second-order valence-electron chi connectivity index (χ2n) is 6.11. The van der Waals surface area contributed by atoms with E-state index in [1.165, 1.54) is 12.1 Å². The van der Waals surface area contributed by atoms with Gasteiger partial charge in [-0.2, -0.15) is 18.3 Å². The van der Waals surface area contributed by atoms with Crippen molar-refractivity contribution in [3.63, 3.8) is 0 Å². The molecule has 1 heterocycles. The molecule has 0 amide bonds. The Morgan fingerprint density at radius 2 is 1.68 bits per heavy atom. The third-order valence-electron chi connectivity index (χ3n) is 3.00. The second kappa shape index (κ2) is 5.65. The Bertz CT molecular complexity index is 726. The van der Waals surface area contributed by atoms with Gasteiger partial charge in [-0.3, -0.25) is 4.68 Å². The van der Waals surface area contributed by atoms with Gasteiger partial charge in [0.2, 0.25) is 0 Å². The Kier molecular flexibility index (Phi) is 4.20. The standard InChI is InChI=1S/C16H17F3N2Si/c1-21-15(13(11-20-21)9-10-22(2,3)4)12-5-7-14(8-6-12)16(17,18)19/h5-8,11H,1-4H3. The number of halogens is 3. The zero-order valence-electron chi connectivity index (χ0n) is 12.9. The molecule has 0 N–H and O–H groups in total. The average Bonchev–Trinajstić information content (AvgIpc) is 2.76. The summed E-state index contributed by atoms with van der Waals surface area (Å²) >= 11 is 0. The fourth-order valence-corrected chi connectivity index (χ4v) is 2.45. The van der Waals surface area contributed by atoms with Gasteiger partial charge in [-0.05, 0) is 12.1 Å². The highest BCUT2D eigenvalue weighted by Gasteiger charge is 2.30. The van der Waals surface area contributed by atoms with E-state index >= 15 is 0 Å². The summed E-state index contributed by atoms with van der Waals surface area (Å²) in [5, 5.41) is 4.17. The van der Waals surface area contributed by atoms with Gasteiger partial charge in [0, 0.05) is 12.6 Å². The van der Waals surface area contributed by atoms with Crippen molar-refractivity contribution in [3.05, 3.63) is 41.6 Å². The lowest BCUT2D eigenvalue weighted by Crippen LogP contribution is -2.16. The van der Waals surface area contributed by atoms with Crippen LogP contribution in [-0.2, 0) is 13.2 Å². The molecule has 6 heteroatoms. The first-order valence-electron chi connectivity index (χ1n) is 6.81. The second-order valence-corrected chi connectivity index (χ2v) is 10.9. The maximum Gasteiger partial charge on any atom is 0.416 e. The molecule has 1 aromatic heterocycles. The Balaban J connectivity index is 2.45. The van der Waals surface area contributed by atoms with Crippen LogP contribution in [-0.4, -0.2) is 17.9 Å². The van der Waals surface area contributed by atoms with Crippen LogP contribution >= 0.6 is 0 Å². The van der Waals surface area contributed by atoms with E-state index in [1.54, 1.807) is 17.9 Å². The molecule has 0 saturated carbocycles. The lowest BCUT2D eigenvalue weighted by atomic mass is 10.1. The van der Waals surface area contributed by atoms with Gasteiger partial charge in [-0.1, -0.05) is 37.7 Å². The first-order valence-corrected chi connectivity index (χ1v) is 10.3. The highest BCUT2D eigenvalue weighted by molar-refractivity contribution is 6.83. The maximum absolute atomic E-state index is 12.6. The molecule has 2 rings (SSSR count). The predicted octanol–water partition coefficient (Wildman–Crippen LogP) is 4.33. The van der Waals surface area contributed by atoms with E-state index in [4.69, 9.17) is 0 Å². The topological polar surface area (TPSA) is 17.8 Å². The van der Waals surface area contributed by atoms with Crippen molar-refractivity contribution in [1.29, 1.82) is 0 Å². The summed E-state index contributed by atoms with van der Waals surface area (Å²) in [6.45, 7) is 6.40. The predicted molar refractivity (Wildman–Crippen MR) is 83.9 cm³/mol. The highest BCUT2D eigenvalue weighted by atomic mass is 28.3. The van der Waals surface area contributed by atoms with Crippen LogP contribution in [0.4, 0.5) is 13.2 Å². The van der Waals surface area contributed by atoms with Gasteiger partial charge >= 0.3 is 6.18 Å². The van der Waals surface area contributed by atoms with Crippen LogP contribution in [0.2, 0.25) is 19.6 Å². The van der Waals surface area contributed by atoms with E-state index in [2.05, 4.69) is 36.2 Å². The summed E-state index contributed by atoms with van der Waals surface area (Å²) in [5.74, 6) is 3.12. The van der Waals surface area contributed by atoms with Gasteiger partial charge in [0.05, 0.1) is 23.0 Å². The van der Waals surface area contributed by atoms with E-state index in [0.29, 0.717) is 5.56 Å². The summed E-state index contributed by atoms with van der Waals surface area (Å²) in [6, 6.07) is 5.08. The van der Waals surface area contributed by atoms with E-state index in [1.807, 2.05) is 0 Å². The summed E-state index contributed by atoms with van der Waals surface area (Å²) < 4.78 is 39.5. The van der Waals surface area contributed by atoms with E-state index < -0.39 is 19.8 Å². The SMILES string of the molecule is Cn1ncc(C#C[Si](C)(C)C)c1-c1ccc(C(F)(F)F)cc1. The van der Waals surface area contributed by atoms with Gasteiger partial charge in [0.25, 0.3) is 0 Å². The first kappa shape index (κ1) is 16.4. The number of hydrogen-bond acceptors (Lipinski definition) is 1. The smallest absolute Gasteiger partial charge is 0.267 e. The van der Waals surface area contributed by atoms with Crippen LogP contribution < -0.4 is 0 Å². The largest absolute Gasteiger partial charge is 0.416 e. The zero-order valence-corrected chi connectivity index (χ0v) is 13.9. The van der Waals surface area contributed by atoms with Gasteiger partial charge in [-0.25, -0.2) is 0 Å². The van der Waals surface area contributed by atoms with Crippen LogP contribution in [0.3, 0.4) is 0 Å². The van der Waals surface area contributed by atoms with Gasteiger partial charge in [0.15, 0.2) is 0 Å². The molecule has 0 saturated heterocycles. The van der Waals surface area contributed by atoms with Crippen molar-refractivity contribution >= 4 is 8.07 Å². The van der Waals surface area contributed by atoms with Gasteiger partial charge in [-0.15, -0.1) is 5.54 Å². The summed E-state index contributed by atoms with van der Waals surface area (Å²) in [4.78, 5) is 0. The minimum atomic E-state index is -4.33. The molecular formula is C16H17F3N2Si. The van der Waals surface area contributed by atoms with Crippen molar-refractivity contribution < 1.29 is 13.2 Å². The van der Waals surface area contributed by atoms with Crippen LogP contribution in [0.15, 0.2) is 30.5 Å². The number of alkyl halides is 3.